The Morgan fingerprint density at radius 2 is 1.83 bits per heavy atom. The van der Waals surface area contributed by atoms with Crippen LogP contribution in [0.15, 0.2) is 0 Å². The maximum Gasteiger partial charge on any atom is 0.157 e. The van der Waals surface area contributed by atoms with Crippen molar-refractivity contribution in [2.45, 2.75) is 75.8 Å². The van der Waals surface area contributed by atoms with Crippen molar-refractivity contribution in [1.29, 1.82) is 0 Å². The second-order valence-corrected chi connectivity index (χ2v) is 9.52. The quantitative estimate of drug-likeness (QED) is 0.841. The molecule has 0 heterocycles. The van der Waals surface area contributed by atoms with E-state index in [9.17, 15) is 8.42 Å². The van der Waals surface area contributed by atoms with Crippen molar-refractivity contribution in [2.75, 3.05) is 0 Å². The lowest BCUT2D eigenvalue weighted by atomic mass is 9.88. The zero-order valence-corrected chi connectivity index (χ0v) is 12.7. The van der Waals surface area contributed by atoms with Gasteiger partial charge in [-0.1, -0.05) is 33.6 Å². The van der Waals surface area contributed by atoms with Crippen molar-refractivity contribution in [3.63, 3.8) is 0 Å². The van der Waals surface area contributed by atoms with Gasteiger partial charge >= 0.3 is 0 Å². The van der Waals surface area contributed by atoms with Crippen LogP contribution in [0, 0.1) is 11.3 Å². The van der Waals surface area contributed by atoms with E-state index in [1.807, 2.05) is 0 Å². The van der Waals surface area contributed by atoms with Gasteiger partial charge in [-0.3, -0.25) is 0 Å². The first-order chi connectivity index (χ1) is 8.25. The van der Waals surface area contributed by atoms with Crippen molar-refractivity contribution >= 4 is 9.84 Å². The lowest BCUT2D eigenvalue weighted by Crippen LogP contribution is -2.47. The summed E-state index contributed by atoms with van der Waals surface area (Å²) in [5, 5.41) is -0.436. The summed E-state index contributed by atoms with van der Waals surface area (Å²) in [5.74, 6) is 0.546. The number of hydrogen-bond acceptors (Lipinski definition) is 3. The van der Waals surface area contributed by atoms with Crippen molar-refractivity contribution in [3.8, 4) is 0 Å². The molecule has 2 fully saturated rings. The predicted molar refractivity (Wildman–Crippen MR) is 75.1 cm³/mol. The molecule has 2 N–H and O–H groups in total. The first kappa shape index (κ1) is 14.3. The lowest BCUT2D eigenvalue weighted by molar-refractivity contribution is 0.330. The van der Waals surface area contributed by atoms with Crippen LogP contribution in [0.1, 0.15) is 59.3 Å². The standard InChI is InChI=1S/C14H27NO2S/c1-10-5-4-6-11(9-10)18(16,17)12-7-8-14(2,3)13(12)15/h10-13H,4-9,15H2,1-3H3. The molecule has 0 saturated heterocycles. The highest BCUT2D eigenvalue weighted by Crippen LogP contribution is 2.42. The van der Waals surface area contributed by atoms with Crippen LogP contribution in [-0.4, -0.2) is 25.0 Å². The maximum absolute atomic E-state index is 12.8. The Labute approximate surface area is 111 Å². The highest BCUT2D eigenvalue weighted by Gasteiger charge is 2.48. The fourth-order valence-electron chi connectivity index (χ4n) is 3.66. The van der Waals surface area contributed by atoms with Crippen molar-refractivity contribution < 1.29 is 8.42 Å². The third-order valence-corrected chi connectivity index (χ3v) is 7.88. The number of nitrogens with two attached hydrogens (primary N) is 1. The summed E-state index contributed by atoms with van der Waals surface area (Å²) in [6, 6.07) is -0.195. The smallest absolute Gasteiger partial charge is 0.157 e. The highest BCUT2D eigenvalue weighted by atomic mass is 32.2. The molecule has 106 valence electrons. The summed E-state index contributed by atoms with van der Waals surface area (Å²) in [7, 11) is -3.04. The minimum Gasteiger partial charge on any atom is -0.326 e. The molecule has 2 rings (SSSR count). The summed E-state index contributed by atoms with van der Waals surface area (Å²) < 4.78 is 25.5. The van der Waals surface area contributed by atoms with Crippen molar-refractivity contribution in [1.82, 2.24) is 0 Å². The second kappa shape index (κ2) is 4.78. The van der Waals surface area contributed by atoms with Crippen LogP contribution in [0.3, 0.4) is 0 Å². The fourth-order valence-corrected chi connectivity index (χ4v) is 6.47. The number of sulfone groups is 1. The van der Waals surface area contributed by atoms with Crippen LogP contribution >= 0.6 is 0 Å². The van der Waals surface area contributed by atoms with Gasteiger partial charge in [-0.25, -0.2) is 8.42 Å². The molecule has 0 amide bonds. The molecule has 4 atom stereocenters. The highest BCUT2D eigenvalue weighted by molar-refractivity contribution is 7.92. The molecule has 4 unspecified atom stereocenters. The Hall–Kier alpha value is -0.0900. The van der Waals surface area contributed by atoms with Gasteiger partial charge in [0.1, 0.15) is 0 Å². The van der Waals surface area contributed by atoms with Crippen LogP contribution in [0.2, 0.25) is 0 Å². The lowest BCUT2D eigenvalue weighted by Gasteiger charge is -2.32. The number of hydrogen-bond donors (Lipinski definition) is 1. The molecule has 4 heteroatoms. The summed E-state index contributed by atoms with van der Waals surface area (Å²) in [4.78, 5) is 0. The maximum atomic E-state index is 12.8. The van der Waals surface area contributed by atoms with Crippen molar-refractivity contribution in [2.24, 2.45) is 17.1 Å². The first-order valence-corrected chi connectivity index (χ1v) is 8.84. The molecule has 2 aliphatic rings. The van der Waals surface area contributed by atoms with Gasteiger partial charge in [0.15, 0.2) is 9.84 Å². The van der Waals surface area contributed by atoms with Gasteiger partial charge in [0.05, 0.1) is 10.5 Å². The van der Waals surface area contributed by atoms with E-state index in [2.05, 4.69) is 20.8 Å². The first-order valence-electron chi connectivity index (χ1n) is 7.23. The third-order valence-electron chi connectivity index (χ3n) is 5.15. The Morgan fingerprint density at radius 3 is 2.33 bits per heavy atom. The van der Waals surface area contributed by atoms with Gasteiger partial charge in [-0.2, -0.15) is 0 Å². The van der Waals surface area contributed by atoms with Crippen LogP contribution in [0.4, 0.5) is 0 Å². The molecular weight excluding hydrogens is 246 g/mol. The molecule has 3 nitrogen and oxygen atoms in total. The van der Waals surface area contributed by atoms with Crippen LogP contribution in [-0.2, 0) is 9.84 Å². The van der Waals surface area contributed by atoms with Gasteiger partial charge in [0.25, 0.3) is 0 Å². The molecule has 0 aromatic heterocycles. The van der Waals surface area contributed by atoms with Gasteiger partial charge in [-0.05, 0) is 37.0 Å². The molecule has 0 spiro atoms. The molecular formula is C14H27NO2S. The Kier molecular flexibility index (Phi) is 3.81. The zero-order valence-electron chi connectivity index (χ0n) is 11.9. The van der Waals surface area contributed by atoms with E-state index in [1.165, 1.54) is 6.42 Å². The van der Waals surface area contributed by atoms with Crippen LogP contribution in [0.25, 0.3) is 0 Å². The topological polar surface area (TPSA) is 60.2 Å². The minimum atomic E-state index is -3.04. The van der Waals surface area contributed by atoms with E-state index in [0.717, 1.165) is 32.1 Å². The number of rotatable bonds is 2. The fraction of sp³-hybridized carbons (Fsp3) is 1.00. The Bertz CT molecular complexity index is 402. The summed E-state index contributed by atoms with van der Waals surface area (Å²) in [6.45, 7) is 6.35. The largest absolute Gasteiger partial charge is 0.326 e. The van der Waals surface area contributed by atoms with Crippen LogP contribution < -0.4 is 5.73 Å². The summed E-state index contributed by atoms with van der Waals surface area (Å²) in [6.07, 6.45) is 5.59. The van der Waals surface area contributed by atoms with Crippen LogP contribution in [0.5, 0.6) is 0 Å². The van der Waals surface area contributed by atoms with Gasteiger partial charge in [-0.15, -0.1) is 0 Å². The molecule has 2 saturated carbocycles. The van der Waals surface area contributed by atoms with E-state index < -0.39 is 9.84 Å². The van der Waals surface area contributed by atoms with E-state index in [-0.39, 0.29) is 22.0 Å². The third kappa shape index (κ3) is 2.46. The Balaban J connectivity index is 2.17. The van der Waals surface area contributed by atoms with Crippen molar-refractivity contribution in [3.05, 3.63) is 0 Å². The predicted octanol–water partition coefficient (Wildman–Crippen LogP) is 2.50. The molecule has 2 aliphatic carbocycles. The van der Waals surface area contributed by atoms with E-state index >= 15 is 0 Å². The molecule has 0 radical (unpaired) electrons. The zero-order chi connectivity index (χ0) is 13.6. The Morgan fingerprint density at radius 1 is 1.17 bits per heavy atom. The molecule has 0 aliphatic heterocycles. The summed E-state index contributed by atoms with van der Waals surface area (Å²) >= 11 is 0. The van der Waals surface area contributed by atoms with Gasteiger partial charge < -0.3 is 5.73 Å². The second-order valence-electron chi connectivity index (χ2n) is 7.07. The molecule has 0 aromatic carbocycles. The molecule has 0 aromatic rings. The minimum absolute atomic E-state index is 0.0297. The van der Waals surface area contributed by atoms with E-state index in [4.69, 9.17) is 5.73 Å². The SMILES string of the molecule is CC1CCCC(S(=O)(=O)C2CCC(C)(C)C2N)C1. The van der Waals surface area contributed by atoms with E-state index in [1.54, 1.807) is 0 Å². The average Bonchev–Trinajstić information content (AvgIpc) is 2.54. The monoisotopic (exact) mass is 273 g/mol. The van der Waals surface area contributed by atoms with Gasteiger partial charge in [0, 0.05) is 6.04 Å². The summed E-state index contributed by atoms with van der Waals surface area (Å²) in [5.41, 5.74) is 6.18. The molecule has 18 heavy (non-hydrogen) atoms. The normalized spacial score (nSPS) is 40.9. The van der Waals surface area contributed by atoms with Gasteiger partial charge in [0.2, 0.25) is 0 Å². The van der Waals surface area contributed by atoms with E-state index in [0.29, 0.717) is 5.92 Å². The molecule has 0 bridgehead atoms. The average molecular weight is 273 g/mol.